The molecule has 1 fully saturated rings. The summed E-state index contributed by atoms with van der Waals surface area (Å²) in [6, 6.07) is 9.55. The summed E-state index contributed by atoms with van der Waals surface area (Å²) < 4.78 is 0. The third-order valence-corrected chi connectivity index (χ3v) is 3.18. The number of hydrogen-bond donors (Lipinski definition) is 1. The average Bonchev–Trinajstić information content (AvgIpc) is 2.39. The maximum absolute atomic E-state index is 10.8. The van der Waals surface area contributed by atoms with Crippen molar-refractivity contribution < 1.29 is 9.90 Å². The standard InChI is InChI=1S/C13H14N2O2/c14-9-10-2-1-3-12(8-10)15-6-4-11(5-7-15)13(16)17/h1-3,8,11H,4-7H2,(H,16,17). The summed E-state index contributed by atoms with van der Waals surface area (Å²) in [5.41, 5.74) is 1.65. The van der Waals surface area contributed by atoms with E-state index in [2.05, 4.69) is 11.0 Å². The molecule has 1 N–H and O–H groups in total. The van der Waals surface area contributed by atoms with Gasteiger partial charge in [-0.25, -0.2) is 0 Å². The van der Waals surface area contributed by atoms with Gasteiger partial charge in [0.1, 0.15) is 0 Å². The SMILES string of the molecule is N#Cc1cccc(N2CCC(C(=O)O)CC2)c1. The number of nitrogens with zero attached hydrogens (tertiary/aromatic N) is 2. The summed E-state index contributed by atoms with van der Waals surface area (Å²) in [6.07, 6.45) is 1.35. The fraction of sp³-hybridized carbons (Fsp3) is 0.385. The molecule has 0 bridgehead atoms. The number of rotatable bonds is 2. The molecule has 4 nitrogen and oxygen atoms in total. The molecule has 0 saturated carbocycles. The van der Waals surface area contributed by atoms with Gasteiger partial charge in [0.15, 0.2) is 0 Å². The Hall–Kier alpha value is -2.02. The molecule has 0 aliphatic carbocycles. The zero-order valence-corrected chi connectivity index (χ0v) is 9.47. The Balaban J connectivity index is 2.05. The van der Waals surface area contributed by atoms with E-state index in [1.165, 1.54) is 0 Å². The number of benzene rings is 1. The Morgan fingerprint density at radius 1 is 1.41 bits per heavy atom. The number of carbonyl (C=O) groups is 1. The second-order valence-electron chi connectivity index (χ2n) is 4.26. The van der Waals surface area contributed by atoms with E-state index in [-0.39, 0.29) is 5.92 Å². The number of anilines is 1. The van der Waals surface area contributed by atoms with Crippen LogP contribution in [-0.4, -0.2) is 24.2 Å². The molecule has 1 saturated heterocycles. The van der Waals surface area contributed by atoms with Crippen LogP contribution in [0.5, 0.6) is 0 Å². The first-order valence-electron chi connectivity index (χ1n) is 5.68. The van der Waals surface area contributed by atoms with Crippen molar-refractivity contribution >= 4 is 11.7 Å². The molecule has 4 heteroatoms. The predicted octanol–water partition coefficient (Wildman–Crippen LogP) is 1.86. The summed E-state index contributed by atoms with van der Waals surface area (Å²) in [7, 11) is 0. The lowest BCUT2D eigenvalue weighted by Crippen LogP contribution is -2.36. The largest absolute Gasteiger partial charge is 0.481 e. The van der Waals surface area contributed by atoms with Crippen LogP contribution in [0.15, 0.2) is 24.3 Å². The van der Waals surface area contributed by atoms with Crippen molar-refractivity contribution in [3.8, 4) is 6.07 Å². The lowest BCUT2D eigenvalue weighted by atomic mass is 9.96. The molecule has 0 aromatic heterocycles. The van der Waals surface area contributed by atoms with Gasteiger partial charge in [0.05, 0.1) is 17.6 Å². The van der Waals surface area contributed by atoms with Crippen LogP contribution in [-0.2, 0) is 4.79 Å². The van der Waals surface area contributed by atoms with Gasteiger partial charge in [0.2, 0.25) is 0 Å². The van der Waals surface area contributed by atoms with Crippen LogP contribution in [0.3, 0.4) is 0 Å². The van der Waals surface area contributed by atoms with Crippen LogP contribution in [0.2, 0.25) is 0 Å². The number of hydrogen-bond acceptors (Lipinski definition) is 3. The van der Waals surface area contributed by atoms with Crippen LogP contribution in [0.25, 0.3) is 0 Å². The maximum atomic E-state index is 10.8. The highest BCUT2D eigenvalue weighted by Crippen LogP contribution is 2.23. The highest BCUT2D eigenvalue weighted by atomic mass is 16.4. The van der Waals surface area contributed by atoms with Crippen LogP contribution < -0.4 is 4.90 Å². The fourth-order valence-corrected chi connectivity index (χ4v) is 2.16. The van der Waals surface area contributed by atoms with E-state index in [4.69, 9.17) is 10.4 Å². The Labute approximate surface area is 100 Å². The van der Waals surface area contributed by atoms with E-state index in [1.54, 1.807) is 6.07 Å². The lowest BCUT2D eigenvalue weighted by molar-refractivity contribution is -0.142. The molecule has 1 aliphatic rings. The molecule has 17 heavy (non-hydrogen) atoms. The lowest BCUT2D eigenvalue weighted by Gasteiger charge is -2.31. The van der Waals surface area contributed by atoms with Crippen molar-refractivity contribution in [2.24, 2.45) is 5.92 Å². The topological polar surface area (TPSA) is 64.3 Å². The first kappa shape index (κ1) is 11.5. The number of carboxylic acid groups (broad SMARTS) is 1. The minimum atomic E-state index is -0.699. The van der Waals surface area contributed by atoms with E-state index < -0.39 is 5.97 Å². The summed E-state index contributed by atoms with van der Waals surface area (Å²) >= 11 is 0. The minimum Gasteiger partial charge on any atom is -0.481 e. The smallest absolute Gasteiger partial charge is 0.306 e. The van der Waals surface area contributed by atoms with Gasteiger partial charge < -0.3 is 10.0 Å². The molecule has 1 heterocycles. The van der Waals surface area contributed by atoms with Gasteiger partial charge in [-0.2, -0.15) is 5.26 Å². The zero-order chi connectivity index (χ0) is 12.3. The average molecular weight is 230 g/mol. The normalized spacial score (nSPS) is 16.5. The third-order valence-electron chi connectivity index (χ3n) is 3.18. The van der Waals surface area contributed by atoms with E-state index in [1.807, 2.05) is 18.2 Å². The number of nitriles is 1. The molecule has 2 rings (SSSR count). The molecule has 1 aliphatic heterocycles. The Bertz CT molecular complexity index is 457. The van der Waals surface area contributed by atoms with Crippen molar-refractivity contribution in [3.05, 3.63) is 29.8 Å². The highest BCUT2D eigenvalue weighted by Gasteiger charge is 2.24. The highest BCUT2D eigenvalue weighted by molar-refractivity contribution is 5.70. The maximum Gasteiger partial charge on any atom is 0.306 e. The monoisotopic (exact) mass is 230 g/mol. The van der Waals surface area contributed by atoms with E-state index in [9.17, 15) is 4.79 Å². The minimum absolute atomic E-state index is 0.217. The first-order chi connectivity index (χ1) is 8.20. The molecule has 0 atom stereocenters. The Morgan fingerprint density at radius 2 is 2.12 bits per heavy atom. The molecule has 0 unspecified atom stereocenters. The number of carboxylic acids is 1. The first-order valence-corrected chi connectivity index (χ1v) is 5.68. The second kappa shape index (κ2) is 4.88. The van der Waals surface area contributed by atoms with E-state index >= 15 is 0 Å². The molecular formula is C13H14N2O2. The predicted molar refractivity (Wildman–Crippen MR) is 63.7 cm³/mol. The second-order valence-corrected chi connectivity index (χ2v) is 4.26. The summed E-state index contributed by atoms with van der Waals surface area (Å²) in [5, 5.41) is 17.7. The zero-order valence-electron chi connectivity index (χ0n) is 9.47. The van der Waals surface area contributed by atoms with Gasteiger partial charge in [-0.1, -0.05) is 6.07 Å². The van der Waals surface area contributed by atoms with Gasteiger partial charge in [-0.3, -0.25) is 4.79 Å². The van der Waals surface area contributed by atoms with Crippen molar-refractivity contribution in [1.82, 2.24) is 0 Å². The number of aliphatic carboxylic acids is 1. The van der Waals surface area contributed by atoms with Gasteiger partial charge in [-0.05, 0) is 31.0 Å². The summed E-state index contributed by atoms with van der Waals surface area (Å²) in [5.74, 6) is -0.916. The van der Waals surface area contributed by atoms with Crippen molar-refractivity contribution in [2.75, 3.05) is 18.0 Å². The van der Waals surface area contributed by atoms with E-state index in [0.29, 0.717) is 18.4 Å². The van der Waals surface area contributed by atoms with Crippen LogP contribution in [0.1, 0.15) is 18.4 Å². The van der Waals surface area contributed by atoms with Gasteiger partial charge >= 0.3 is 5.97 Å². The van der Waals surface area contributed by atoms with Crippen LogP contribution >= 0.6 is 0 Å². The van der Waals surface area contributed by atoms with Crippen molar-refractivity contribution in [1.29, 1.82) is 5.26 Å². The van der Waals surface area contributed by atoms with Gasteiger partial charge in [-0.15, -0.1) is 0 Å². The third kappa shape index (κ3) is 2.56. The molecule has 1 aromatic carbocycles. The molecule has 0 radical (unpaired) electrons. The van der Waals surface area contributed by atoms with Gasteiger partial charge in [0, 0.05) is 18.8 Å². The molecule has 88 valence electrons. The number of piperidine rings is 1. The molecular weight excluding hydrogens is 216 g/mol. The Morgan fingerprint density at radius 3 is 2.71 bits per heavy atom. The molecule has 1 aromatic rings. The van der Waals surface area contributed by atoms with Crippen LogP contribution in [0.4, 0.5) is 5.69 Å². The van der Waals surface area contributed by atoms with E-state index in [0.717, 1.165) is 18.8 Å². The molecule has 0 spiro atoms. The van der Waals surface area contributed by atoms with Crippen molar-refractivity contribution in [2.45, 2.75) is 12.8 Å². The fourth-order valence-electron chi connectivity index (χ4n) is 2.16. The Kier molecular flexibility index (Phi) is 3.29. The summed E-state index contributed by atoms with van der Waals surface area (Å²) in [6.45, 7) is 1.48. The quantitative estimate of drug-likeness (QED) is 0.842. The molecule has 0 amide bonds. The summed E-state index contributed by atoms with van der Waals surface area (Å²) in [4.78, 5) is 13.0. The van der Waals surface area contributed by atoms with Crippen molar-refractivity contribution in [3.63, 3.8) is 0 Å². The van der Waals surface area contributed by atoms with Gasteiger partial charge in [0.25, 0.3) is 0 Å². The van der Waals surface area contributed by atoms with Crippen LogP contribution in [0, 0.1) is 17.2 Å².